The number of aromatic nitrogens is 2. The van der Waals surface area contributed by atoms with E-state index in [1.165, 1.54) is 20.0 Å². The third-order valence-corrected chi connectivity index (χ3v) is 3.58. The van der Waals surface area contributed by atoms with Crippen molar-refractivity contribution in [1.82, 2.24) is 9.97 Å². The highest BCUT2D eigenvalue weighted by Crippen LogP contribution is 2.36. The molecule has 1 fully saturated rings. The molecule has 1 aliphatic carbocycles. The van der Waals surface area contributed by atoms with Gasteiger partial charge in [0.1, 0.15) is 5.82 Å². The highest BCUT2D eigenvalue weighted by atomic mass is 16.5. The van der Waals surface area contributed by atoms with Gasteiger partial charge in [0.25, 0.3) is 0 Å². The van der Waals surface area contributed by atoms with Crippen molar-refractivity contribution < 1.29 is 9.53 Å². The van der Waals surface area contributed by atoms with Crippen molar-refractivity contribution in [3.8, 4) is 0 Å². The SMILES string of the molecule is COC(=O)c1nccc(NC2CCCC(C)(C)C2)n1. The lowest BCUT2D eigenvalue weighted by Crippen LogP contribution is -2.32. The lowest BCUT2D eigenvalue weighted by atomic mass is 9.75. The summed E-state index contributed by atoms with van der Waals surface area (Å²) in [5.74, 6) is 0.285. The normalized spacial score (nSPS) is 21.7. The molecule has 5 nitrogen and oxygen atoms in total. The Morgan fingerprint density at radius 3 is 3.00 bits per heavy atom. The highest BCUT2D eigenvalue weighted by Gasteiger charge is 2.28. The number of nitrogens with zero attached hydrogens (tertiary/aromatic N) is 2. The monoisotopic (exact) mass is 263 g/mol. The molecule has 0 aromatic carbocycles. The van der Waals surface area contributed by atoms with Gasteiger partial charge < -0.3 is 10.1 Å². The van der Waals surface area contributed by atoms with Gasteiger partial charge in [0, 0.05) is 12.2 Å². The van der Waals surface area contributed by atoms with E-state index in [4.69, 9.17) is 0 Å². The second-order valence-electron chi connectivity index (χ2n) is 5.86. The van der Waals surface area contributed by atoms with Gasteiger partial charge in [0.05, 0.1) is 7.11 Å². The third-order valence-electron chi connectivity index (χ3n) is 3.58. The van der Waals surface area contributed by atoms with E-state index in [0.717, 1.165) is 12.8 Å². The maximum Gasteiger partial charge on any atom is 0.376 e. The molecule has 1 aromatic rings. The Morgan fingerprint density at radius 2 is 2.32 bits per heavy atom. The number of ether oxygens (including phenoxy) is 1. The molecular formula is C14H21N3O2. The van der Waals surface area contributed by atoms with E-state index >= 15 is 0 Å². The Kier molecular flexibility index (Phi) is 4.02. The van der Waals surface area contributed by atoms with Crippen molar-refractivity contribution in [2.24, 2.45) is 5.41 Å². The molecule has 1 aliphatic rings. The van der Waals surface area contributed by atoms with Crippen LogP contribution in [0.5, 0.6) is 0 Å². The minimum atomic E-state index is -0.507. The van der Waals surface area contributed by atoms with E-state index in [2.05, 4.69) is 33.9 Å². The fraction of sp³-hybridized carbons (Fsp3) is 0.643. The summed E-state index contributed by atoms with van der Waals surface area (Å²) in [6, 6.07) is 2.19. The van der Waals surface area contributed by atoms with E-state index in [9.17, 15) is 4.79 Å². The molecule has 1 heterocycles. The molecular weight excluding hydrogens is 242 g/mol. The van der Waals surface area contributed by atoms with E-state index in [1.54, 1.807) is 12.3 Å². The van der Waals surface area contributed by atoms with Crippen molar-refractivity contribution >= 4 is 11.8 Å². The number of nitrogens with one attached hydrogen (secondary N) is 1. The standard InChI is InChI=1S/C14H21N3O2/c1-14(2)7-4-5-10(9-14)16-11-6-8-15-12(17-11)13(18)19-3/h6,8,10H,4-5,7,9H2,1-3H3,(H,15,16,17). The quantitative estimate of drug-likeness (QED) is 0.849. The zero-order valence-electron chi connectivity index (χ0n) is 11.8. The Labute approximate surface area is 113 Å². The van der Waals surface area contributed by atoms with Gasteiger partial charge in [0.2, 0.25) is 5.82 Å². The van der Waals surface area contributed by atoms with Crippen LogP contribution in [0.2, 0.25) is 0 Å². The van der Waals surface area contributed by atoms with Gasteiger partial charge in [-0.25, -0.2) is 14.8 Å². The van der Waals surface area contributed by atoms with Crippen LogP contribution in [0.25, 0.3) is 0 Å². The third kappa shape index (κ3) is 3.66. The van der Waals surface area contributed by atoms with Crippen LogP contribution in [0.3, 0.4) is 0 Å². The van der Waals surface area contributed by atoms with Gasteiger partial charge in [0.15, 0.2) is 0 Å². The minimum Gasteiger partial charge on any atom is -0.463 e. The number of carbonyl (C=O) groups excluding carboxylic acids is 1. The Hall–Kier alpha value is -1.65. The first-order valence-corrected chi connectivity index (χ1v) is 6.68. The molecule has 1 saturated carbocycles. The molecule has 1 atom stereocenters. The number of esters is 1. The Balaban J connectivity index is 2.05. The Morgan fingerprint density at radius 1 is 1.53 bits per heavy atom. The van der Waals surface area contributed by atoms with E-state index in [0.29, 0.717) is 17.3 Å². The number of hydrogen-bond acceptors (Lipinski definition) is 5. The number of anilines is 1. The summed E-state index contributed by atoms with van der Waals surface area (Å²) in [6.07, 6.45) is 6.32. The number of hydrogen-bond donors (Lipinski definition) is 1. The van der Waals surface area contributed by atoms with Crippen LogP contribution >= 0.6 is 0 Å². The summed E-state index contributed by atoms with van der Waals surface area (Å²) in [4.78, 5) is 19.5. The largest absolute Gasteiger partial charge is 0.463 e. The van der Waals surface area contributed by atoms with E-state index in [-0.39, 0.29) is 5.82 Å². The molecule has 0 spiro atoms. The summed E-state index contributed by atoms with van der Waals surface area (Å²) < 4.78 is 4.62. The van der Waals surface area contributed by atoms with Gasteiger partial charge in [-0.1, -0.05) is 20.3 Å². The van der Waals surface area contributed by atoms with Gasteiger partial charge in [-0.2, -0.15) is 0 Å². The average Bonchev–Trinajstić information content (AvgIpc) is 2.37. The van der Waals surface area contributed by atoms with Gasteiger partial charge >= 0.3 is 5.97 Å². The van der Waals surface area contributed by atoms with Gasteiger partial charge in [-0.3, -0.25) is 0 Å². The maximum absolute atomic E-state index is 11.4. The van der Waals surface area contributed by atoms with E-state index in [1.807, 2.05) is 0 Å². The number of rotatable bonds is 3. The zero-order valence-corrected chi connectivity index (χ0v) is 11.8. The van der Waals surface area contributed by atoms with Crippen LogP contribution in [0.1, 0.15) is 50.1 Å². The van der Waals surface area contributed by atoms with Crippen molar-refractivity contribution in [1.29, 1.82) is 0 Å². The van der Waals surface area contributed by atoms with Crippen molar-refractivity contribution in [2.75, 3.05) is 12.4 Å². The van der Waals surface area contributed by atoms with Gasteiger partial charge in [-0.05, 0) is 30.7 Å². The zero-order chi connectivity index (χ0) is 13.9. The topological polar surface area (TPSA) is 64.1 Å². The van der Waals surface area contributed by atoms with Crippen LogP contribution in [0.15, 0.2) is 12.3 Å². The molecule has 0 saturated heterocycles. The molecule has 0 bridgehead atoms. The molecule has 19 heavy (non-hydrogen) atoms. The molecule has 0 amide bonds. The van der Waals surface area contributed by atoms with Crippen LogP contribution in [0.4, 0.5) is 5.82 Å². The minimum absolute atomic E-state index is 0.0996. The average molecular weight is 263 g/mol. The summed E-state index contributed by atoms with van der Waals surface area (Å²) in [5, 5.41) is 3.40. The Bertz CT molecular complexity index is 460. The van der Waals surface area contributed by atoms with Crippen molar-refractivity contribution in [3.63, 3.8) is 0 Å². The summed E-state index contributed by atoms with van der Waals surface area (Å²) in [5.41, 5.74) is 0.369. The van der Waals surface area contributed by atoms with Crippen LogP contribution in [-0.2, 0) is 4.74 Å². The summed E-state index contributed by atoms with van der Waals surface area (Å²) in [6.45, 7) is 4.58. The maximum atomic E-state index is 11.4. The molecule has 1 aromatic heterocycles. The first-order chi connectivity index (χ1) is 9.00. The molecule has 1 N–H and O–H groups in total. The number of methoxy groups -OCH3 is 1. The fourth-order valence-corrected chi connectivity index (χ4v) is 2.66. The van der Waals surface area contributed by atoms with E-state index < -0.39 is 5.97 Å². The first-order valence-electron chi connectivity index (χ1n) is 6.68. The van der Waals surface area contributed by atoms with Crippen molar-refractivity contribution in [3.05, 3.63) is 18.1 Å². The molecule has 2 rings (SSSR count). The highest BCUT2D eigenvalue weighted by molar-refractivity contribution is 5.85. The van der Waals surface area contributed by atoms with Crippen LogP contribution in [-0.4, -0.2) is 29.1 Å². The molecule has 5 heteroatoms. The molecule has 0 aliphatic heterocycles. The predicted octanol–water partition coefficient (Wildman–Crippen LogP) is 2.64. The first kappa shape index (κ1) is 13.8. The fourth-order valence-electron chi connectivity index (χ4n) is 2.66. The van der Waals surface area contributed by atoms with Crippen molar-refractivity contribution in [2.45, 2.75) is 45.6 Å². The summed E-state index contributed by atoms with van der Waals surface area (Å²) in [7, 11) is 1.33. The van der Waals surface area contributed by atoms with Crippen LogP contribution in [0, 0.1) is 5.41 Å². The second-order valence-corrected chi connectivity index (χ2v) is 5.86. The second kappa shape index (κ2) is 5.55. The summed E-state index contributed by atoms with van der Waals surface area (Å²) >= 11 is 0. The van der Waals surface area contributed by atoms with Gasteiger partial charge in [-0.15, -0.1) is 0 Å². The number of carbonyl (C=O) groups is 1. The molecule has 104 valence electrons. The van der Waals surface area contributed by atoms with Crippen LogP contribution < -0.4 is 5.32 Å². The lowest BCUT2D eigenvalue weighted by Gasteiger charge is -2.35. The molecule has 0 radical (unpaired) electrons. The predicted molar refractivity (Wildman–Crippen MR) is 73.0 cm³/mol. The smallest absolute Gasteiger partial charge is 0.376 e. The molecule has 1 unspecified atom stereocenters. The lowest BCUT2D eigenvalue weighted by molar-refractivity contribution is 0.0587.